The van der Waals surface area contributed by atoms with Crippen LogP contribution in [0.1, 0.15) is 12.5 Å². The van der Waals surface area contributed by atoms with Crippen LogP contribution in [-0.2, 0) is 14.8 Å². The van der Waals surface area contributed by atoms with E-state index >= 15 is 0 Å². The van der Waals surface area contributed by atoms with Crippen LogP contribution in [0.15, 0.2) is 29.7 Å². The predicted molar refractivity (Wildman–Crippen MR) is 75.6 cm³/mol. The zero-order chi connectivity index (χ0) is 15.3. The molecule has 1 aromatic rings. The molecule has 0 aliphatic heterocycles. The Morgan fingerprint density at radius 2 is 1.90 bits per heavy atom. The molecule has 0 heterocycles. The molecule has 0 amide bonds. The highest BCUT2D eigenvalue weighted by molar-refractivity contribution is 7.92. The van der Waals surface area contributed by atoms with Crippen LogP contribution in [0.25, 0.3) is 6.08 Å². The number of hydrogen-bond acceptors (Lipinski definition) is 4. The Morgan fingerprint density at radius 1 is 1.35 bits per heavy atom. The Bertz CT molecular complexity index is 595. The quantitative estimate of drug-likeness (QED) is 0.727. The summed E-state index contributed by atoms with van der Waals surface area (Å²) >= 11 is 5.69. The fourth-order valence-electron chi connectivity index (χ4n) is 1.31. The van der Waals surface area contributed by atoms with Crippen LogP contribution in [0.3, 0.4) is 0 Å². The summed E-state index contributed by atoms with van der Waals surface area (Å²) in [5.41, 5.74) is 0.587. The van der Waals surface area contributed by atoms with Crippen LogP contribution in [0.2, 0.25) is 5.02 Å². The molecule has 0 bridgehead atoms. The Kier molecular flexibility index (Phi) is 5.70. The highest BCUT2D eigenvalue weighted by Gasteiger charge is 2.26. The van der Waals surface area contributed by atoms with Crippen LogP contribution >= 0.6 is 11.6 Å². The molecule has 6 nitrogen and oxygen atoms in total. The topological polar surface area (TPSA) is 104 Å². The molecular formula is C12H14ClNO5S. The summed E-state index contributed by atoms with van der Waals surface area (Å²) in [4.78, 5) is 10.8. The van der Waals surface area contributed by atoms with E-state index in [2.05, 4.69) is 0 Å². The van der Waals surface area contributed by atoms with E-state index in [0.29, 0.717) is 10.6 Å². The van der Waals surface area contributed by atoms with E-state index in [4.69, 9.17) is 16.7 Å². The minimum absolute atomic E-state index is 0.517. The third-order valence-electron chi connectivity index (χ3n) is 2.35. The molecule has 0 spiro atoms. The van der Waals surface area contributed by atoms with Crippen molar-refractivity contribution in [2.45, 2.75) is 19.1 Å². The first-order chi connectivity index (χ1) is 9.21. The summed E-state index contributed by atoms with van der Waals surface area (Å²) < 4.78 is 25.3. The van der Waals surface area contributed by atoms with E-state index in [1.165, 1.54) is 13.0 Å². The molecule has 8 heteroatoms. The first-order valence-corrected chi connectivity index (χ1v) is 7.50. The molecule has 0 aromatic heterocycles. The molecule has 0 aliphatic carbocycles. The van der Waals surface area contributed by atoms with Crippen molar-refractivity contribution in [1.82, 2.24) is 4.72 Å². The number of sulfonamides is 1. The van der Waals surface area contributed by atoms with Crippen molar-refractivity contribution in [1.29, 1.82) is 0 Å². The van der Waals surface area contributed by atoms with Gasteiger partial charge in [0.15, 0.2) is 0 Å². The maximum atomic E-state index is 11.7. The van der Waals surface area contributed by atoms with Crippen molar-refractivity contribution in [3.8, 4) is 0 Å². The van der Waals surface area contributed by atoms with Gasteiger partial charge in [-0.1, -0.05) is 23.7 Å². The van der Waals surface area contributed by atoms with Gasteiger partial charge in [-0.3, -0.25) is 4.79 Å². The smallest absolute Gasteiger partial charge is 0.324 e. The van der Waals surface area contributed by atoms with E-state index in [1.807, 2.05) is 4.72 Å². The Morgan fingerprint density at radius 3 is 2.35 bits per heavy atom. The van der Waals surface area contributed by atoms with Crippen LogP contribution in [-0.4, -0.2) is 36.7 Å². The zero-order valence-electron chi connectivity index (χ0n) is 10.5. The normalized spacial score (nSPS) is 15.2. The maximum Gasteiger partial charge on any atom is 0.324 e. The predicted octanol–water partition coefficient (Wildman–Crippen LogP) is 1.06. The number of hydrogen-bond donors (Lipinski definition) is 3. The number of nitrogens with one attached hydrogen (secondary N) is 1. The van der Waals surface area contributed by atoms with Gasteiger partial charge in [0, 0.05) is 10.4 Å². The van der Waals surface area contributed by atoms with Crippen LogP contribution in [0.5, 0.6) is 0 Å². The molecule has 1 rings (SSSR count). The van der Waals surface area contributed by atoms with Crippen LogP contribution in [0.4, 0.5) is 0 Å². The first-order valence-electron chi connectivity index (χ1n) is 5.58. The van der Waals surface area contributed by atoms with E-state index in [0.717, 1.165) is 5.41 Å². The van der Waals surface area contributed by atoms with E-state index in [9.17, 15) is 18.3 Å². The molecule has 0 unspecified atom stereocenters. The van der Waals surface area contributed by atoms with Crippen LogP contribution in [0, 0.1) is 0 Å². The number of carboxylic acids is 1. The molecule has 0 saturated carbocycles. The molecule has 20 heavy (non-hydrogen) atoms. The number of halogens is 1. The SMILES string of the molecule is C[C@@H](O)[C@H](NS(=O)(=O)/C=C/c1ccc(Cl)cc1)C(=O)O. The number of rotatable bonds is 6. The van der Waals surface area contributed by atoms with Gasteiger partial charge in [0.2, 0.25) is 10.0 Å². The van der Waals surface area contributed by atoms with E-state index < -0.39 is 28.1 Å². The minimum atomic E-state index is -3.98. The molecule has 3 N–H and O–H groups in total. The molecule has 0 aliphatic rings. The van der Waals surface area contributed by atoms with Gasteiger partial charge in [0.05, 0.1) is 6.10 Å². The van der Waals surface area contributed by atoms with Gasteiger partial charge in [0.25, 0.3) is 0 Å². The zero-order valence-corrected chi connectivity index (χ0v) is 12.1. The van der Waals surface area contributed by atoms with Crippen LogP contribution < -0.4 is 4.72 Å². The average Bonchev–Trinajstić information content (AvgIpc) is 2.35. The maximum absolute atomic E-state index is 11.7. The fourth-order valence-corrected chi connectivity index (χ4v) is 2.51. The molecule has 0 radical (unpaired) electrons. The Labute approximate surface area is 121 Å². The second kappa shape index (κ2) is 6.85. The number of aliphatic carboxylic acids is 1. The van der Waals surface area contributed by atoms with Gasteiger partial charge in [-0.2, -0.15) is 4.72 Å². The van der Waals surface area contributed by atoms with Gasteiger partial charge in [0.1, 0.15) is 6.04 Å². The Balaban J connectivity index is 2.84. The van der Waals surface area contributed by atoms with Crippen molar-refractivity contribution in [3.05, 3.63) is 40.3 Å². The van der Waals surface area contributed by atoms with Gasteiger partial charge >= 0.3 is 5.97 Å². The fraction of sp³-hybridized carbons (Fsp3) is 0.250. The summed E-state index contributed by atoms with van der Waals surface area (Å²) in [6.45, 7) is 1.18. The number of benzene rings is 1. The standard InChI is InChI=1S/C12H14ClNO5S/c1-8(15)11(12(16)17)14-20(18,19)7-6-9-2-4-10(13)5-3-9/h2-8,11,14-15H,1H3,(H,16,17)/b7-6+/t8-,11+/m1/s1. The highest BCUT2D eigenvalue weighted by Crippen LogP contribution is 2.11. The summed E-state index contributed by atoms with van der Waals surface area (Å²) in [5.74, 6) is -1.46. The van der Waals surface area contributed by atoms with Gasteiger partial charge < -0.3 is 10.2 Å². The lowest BCUT2D eigenvalue weighted by Crippen LogP contribution is -2.46. The Hall–Kier alpha value is -1.41. The first kappa shape index (κ1) is 16.6. The van der Waals surface area contributed by atoms with E-state index in [1.54, 1.807) is 24.3 Å². The van der Waals surface area contributed by atoms with E-state index in [-0.39, 0.29) is 0 Å². The number of carboxylic acid groups (broad SMARTS) is 1. The summed E-state index contributed by atoms with van der Waals surface area (Å²) in [6, 6.07) is 4.80. The second-order valence-electron chi connectivity index (χ2n) is 4.07. The summed E-state index contributed by atoms with van der Waals surface area (Å²) in [5, 5.41) is 19.4. The molecule has 0 saturated heterocycles. The average molecular weight is 320 g/mol. The van der Waals surface area contributed by atoms with Crippen molar-refractivity contribution in [2.75, 3.05) is 0 Å². The van der Waals surface area contributed by atoms with Gasteiger partial charge in [-0.15, -0.1) is 0 Å². The molecular weight excluding hydrogens is 306 g/mol. The monoisotopic (exact) mass is 319 g/mol. The second-order valence-corrected chi connectivity index (χ2v) is 6.11. The lowest BCUT2D eigenvalue weighted by atomic mass is 10.2. The van der Waals surface area contributed by atoms with Gasteiger partial charge in [-0.25, -0.2) is 8.42 Å². The number of carbonyl (C=O) groups is 1. The van der Waals surface area contributed by atoms with Crippen molar-refractivity contribution in [2.24, 2.45) is 0 Å². The largest absolute Gasteiger partial charge is 0.480 e. The highest BCUT2D eigenvalue weighted by atomic mass is 35.5. The van der Waals surface area contributed by atoms with Crippen molar-refractivity contribution < 1.29 is 23.4 Å². The third kappa shape index (κ3) is 5.30. The molecule has 110 valence electrons. The van der Waals surface area contributed by atoms with Crippen molar-refractivity contribution >= 4 is 33.7 Å². The molecule has 2 atom stereocenters. The molecule has 0 fully saturated rings. The van der Waals surface area contributed by atoms with Crippen molar-refractivity contribution in [3.63, 3.8) is 0 Å². The lowest BCUT2D eigenvalue weighted by Gasteiger charge is -2.15. The number of aliphatic hydroxyl groups excluding tert-OH is 1. The van der Waals surface area contributed by atoms with Gasteiger partial charge in [-0.05, 0) is 30.7 Å². The lowest BCUT2D eigenvalue weighted by molar-refractivity contribution is -0.141. The third-order valence-corrected chi connectivity index (χ3v) is 3.68. The molecule has 1 aromatic carbocycles. The number of aliphatic hydroxyl groups is 1. The summed E-state index contributed by atoms with van der Waals surface area (Å²) in [6.07, 6.45) is -0.0641. The summed E-state index contributed by atoms with van der Waals surface area (Å²) in [7, 11) is -3.98. The minimum Gasteiger partial charge on any atom is -0.480 e.